The number of carboxylic acids is 1. The summed E-state index contributed by atoms with van der Waals surface area (Å²) in [6.45, 7) is 3.64. The molecule has 2 fully saturated rings. The van der Waals surface area contributed by atoms with E-state index in [0.717, 1.165) is 12.3 Å². The van der Waals surface area contributed by atoms with Crippen LogP contribution in [-0.4, -0.2) is 84.4 Å². The van der Waals surface area contributed by atoms with Gasteiger partial charge in [0.15, 0.2) is 0 Å². The van der Waals surface area contributed by atoms with E-state index in [1.54, 1.807) is 4.90 Å². The predicted octanol–water partition coefficient (Wildman–Crippen LogP) is 1.91. The Morgan fingerprint density at radius 1 is 1.25 bits per heavy atom. The van der Waals surface area contributed by atoms with Crippen molar-refractivity contribution in [1.82, 2.24) is 9.47 Å². The fourth-order valence-electron chi connectivity index (χ4n) is 4.13. The first-order valence-electron chi connectivity index (χ1n) is 10.4. The second kappa shape index (κ2) is 9.30. The molecule has 1 aliphatic heterocycles. The van der Waals surface area contributed by atoms with Gasteiger partial charge >= 0.3 is 5.97 Å². The SMILES string of the molecule is O=C(O)c1cn(C2CC2F)c2c(Cl)c(N3CCN(CCOCCO)CC3)c(F)cc2c1=O. The standard InChI is InChI=1S/C21H24ClF2N3O5/c22-17-18-12(20(29)13(21(30)31)11-27(18)16-10-14(16)23)9-15(24)19(17)26-3-1-25(2-4-26)5-7-32-8-6-28/h9,11,14,16,28H,1-8,10H2,(H,30,31). The lowest BCUT2D eigenvalue weighted by Gasteiger charge is -2.36. The predicted molar refractivity (Wildman–Crippen MR) is 115 cm³/mol. The van der Waals surface area contributed by atoms with E-state index in [0.29, 0.717) is 39.3 Å². The molecule has 0 amide bonds. The van der Waals surface area contributed by atoms with Crippen LogP contribution in [0.1, 0.15) is 22.8 Å². The fraction of sp³-hybridized carbons (Fsp3) is 0.524. The minimum absolute atomic E-state index is 0.0205. The molecule has 2 atom stereocenters. The summed E-state index contributed by atoms with van der Waals surface area (Å²) < 4.78 is 35.7. The molecule has 2 aliphatic rings. The number of aromatic carboxylic acids is 1. The van der Waals surface area contributed by atoms with Crippen molar-refractivity contribution in [2.45, 2.75) is 18.6 Å². The van der Waals surface area contributed by atoms with Crippen LogP contribution in [0.5, 0.6) is 0 Å². The van der Waals surface area contributed by atoms with E-state index < -0.39 is 35.0 Å². The Balaban J connectivity index is 1.66. The first-order valence-corrected chi connectivity index (χ1v) is 10.8. The molecule has 1 saturated carbocycles. The minimum Gasteiger partial charge on any atom is -0.477 e. The van der Waals surface area contributed by atoms with Gasteiger partial charge in [-0.15, -0.1) is 0 Å². The first kappa shape index (κ1) is 22.9. The average molecular weight is 472 g/mol. The van der Waals surface area contributed by atoms with Gasteiger partial charge in [-0.05, 0) is 6.07 Å². The number of aliphatic hydroxyl groups is 1. The summed E-state index contributed by atoms with van der Waals surface area (Å²) >= 11 is 6.60. The number of nitrogens with zero attached hydrogens (tertiary/aromatic N) is 3. The average Bonchev–Trinajstić information content (AvgIpc) is 3.49. The van der Waals surface area contributed by atoms with Gasteiger partial charge in [-0.2, -0.15) is 0 Å². The maximum Gasteiger partial charge on any atom is 0.341 e. The van der Waals surface area contributed by atoms with E-state index in [1.807, 2.05) is 0 Å². The third-order valence-corrected chi connectivity index (χ3v) is 6.29. The molecular formula is C21H24ClF2N3O5. The van der Waals surface area contributed by atoms with Gasteiger partial charge in [0.25, 0.3) is 0 Å². The van der Waals surface area contributed by atoms with E-state index in [2.05, 4.69) is 4.90 Å². The van der Waals surface area contributed by atoms with Crippen molar-refractivity contribution in [2.75, 3.05) is 57.4 Å². The largest absolute Gasteiger partial charge is 0.477 e. The molecule has 174 valence electrons. The number of anilines is 1. The Morgan fingerprint density at radius 3 is 2.53 bits per heavy atom. The number of carboxylic acid groups (broad SMARTS) is 1. The smallest absolute Gasteiger partial charge is 0.341 e. The summed E-state index contributed by atoms with van der Waals surface area (Å²) in [4.78, 5) is 28.1. The summed E-state index contributed by atoms with van der Waals surface area (Å²) in [6, 6.07) is 0.370. The van der Waals surface area contributed by atoms with Crippen LogP contribution in [0.15, 0.2) is 17.1 Å². The number of ether oxygens (including phenoxy) is 1. The molecule has 1 aliphatic carbocycles. The lowest BCUT2D eigenvalue weighted by atomic mass is 10.1. The third-order valence-electron chi connectivity index (χ3n) is 5.93. The molecule has 0 spiro atoms. The van der Waals surface area contributed by atoms with Gasteiger partial charge in [0.05, 0.1) is 47.5 Å². The number of hydrogen-bond acceptors (Lipinski definition) is 6. The Morgan fingerprint density at radius 2 is 1.94 bits per heavy atom. The zero-order valence-electron chi connectivity index (χ0n) is 17.3. The monoisotopic (exact) mass is 471 g/mol. The van der Waals surface area contributed by atoms with Crippen molar-refractivity contribution in [2.24, 2.45) is 0 Å². The second-order valence-electron chi connectivity index (χ2n) is 7.99. The van der Waals surface area contributed by atoms with Crippen molar-refractivity contribution in [1.29, 1.82) is 0 Å². The summed E-state index contributed by atoms with van der Waals surface area (Å²) in [5.41, 5.74) is -1.11. The van der Waals surface area contributed by atoms with E-state index in [9.17, 15) is 19.1 Å². The van der Waals surface area contributed by atoms with Crippen molar-refractivity contribution < 1.29 is 28.5 Å². The number of halogens is 3. The molecular weight excluding hydrogens is 448 g/mol. The van der Waals surface area contributed by atoms with Gasteiger partial charge in [-0.25, -0.2) is 13.6 Å². The van der Waals surface area contributed by atoms with E-state index in [1.165, 1.54) is 4.57 Å². The molecule has 1 aromatic heterocycles. The molecule has 1 saturated heterocycles. The zero-order chi connectivity index (χ0) is 23.0. The van der Waals surface area contributed by atoms with Crippen molar-refractivity contribution in [3.8, 4) is 0 Å². The van der Waals surface area contributed by atoms with Crippen LogP contribution in [0.25, 0.3) is 10.9 Å². The minimum atomic E-state index is -1.46. The first-order chi connectivity index (χ1) is 15.3. The number of alkyl halides is 1. The van der Waals surface area contributed by atoms with Crippen LogP contribution in [0.3, 0.4) is 0 Å². The molecule has 8 nitrogen and oxygen atoms in total. The summed E-state index contributed by atoms with van der Waals surface area (Å²) in [5.74, 6) is -2.18. The summed E-state index contributed by atoms with van der Waals surface area (Å²) in [5, 5.41) is 17.9. The Labute approximate surface area is 187 Å². The number of rotatable bonds is 8. The number of aliphatic hydroxyl groups excluding tert-OH is 1. The van der Waals surface area contributed by atoms with Crippen LogP contribution in [0.4, 0.5) is 14.5 Å². The molecule has 2 unspecified atom stereocenters. The van der Waals surface area contributed by atoms with Gasteiger partial charge in [0.2, 0.25) is 5.43 Å². The molecule has 4 rings (SSSR count). The Bertz CT molecular complexity index is 1090. The van der Waals surface area contributed by atoms with Gasteiger partial charge < -0.3 is 24.4 Å². The normalized spacial score (nSPS) is 21.3. The van der Waals surface area contributed by atoms with Crippen molar-refractivity contribution in [3.63, 3.8) is 0 Å². The third kappa shape index (κ3) is 4.32. The number of piperazine rings is 1. The molecule has 2 N–H and O–H groups in total. The van der Waals surface area contributed by atoms with Gasteiger partial charge in [-0.1, -0.05) is 11.6 Å². The highest BCUT2D eigenvalue weighted by Gasteiger charge is 2.41. The highest BCUT2D eigenvalue weighted by molar-refractivity contribution is 6.38. The molecule has 11 heteroatoms. The molecule has 0 radical (unpaired) electrons. The van der Waals surface area contributed by atoms with Crippen LogP contribution >= 0.6 is 11.6 Å². The van der Waals surface area contributed by atoms with E-state index >= 15 is 4.39 Å². The van der Waals surface area contributed by atoms with Crippen LogP contribution in [0, 0.1) is 5.82 Å². The number of fused-ring (bicyclic) bond motifs is 1. The van der Waals surface area contributed by atoms with E-state index in [4.69, 9.17) is 21.4 Å². The van der Waals surface area contributed by atoms with Crippen LogP contribution in [-0.2, 0) is 4.74 Å². The molecule has 0 bridgehead atoms. The molecule has 1 aromatic carbocycles. The second-order valence-corrected chi connectivity index (χ2v) is 8.36. The van der Waals surface area contributed by atoms with Crippen LogP contribution < -0.4 is 10.3 Å². The Hall–Kier alpha value is -2.27. The number of carbonyl (C=O) groups is 1. The maximum atomic E-state index is 15.1. The summed E-state index contributed by atoms with van der Waals surface area (Å²) in [6.07, 6.45) is 0.107. The lowest BCUT2D eigenvalue weighted by Crippen LogP contribution is -2.47. The molecule has 2 aromatic rings. The van der Waals surface area contributed by atoms with Gasteiger partial charge in [0, 0.05) is 45.3 Å². The molecule has 32 heavy (non-hydrogen) atoms. The van der Waals surface area contributed by atoms with E-state index in [-0.39, 0.29) is 41.2 Å². The molecule has 2 heterocycles. The summed E-state index contributed by atoms with van der Waals surface area (Å²) in [7, 11) is 0. The fourth-order valence-corrected chi connectivity index (χ4v) is 4.54. The van der Waals surface area contributed by atoms with Crippen LogP contribution in [0.2, 0.25) is 5.02 Å². The highest BCUT2D eigenvalue weighted by atomic mass is 35.5. The Kier molecular flexibility index (Phi) is 6.66. The number of aromatic nitrogens is 1. The number of benzene rings is 1. The quantitative estimate of drug-likeness (QED) is 0.568. The maximum absolute atomic E-state index is 15.1. The lowest BCUT2D eigenvalue weighted by molar-refractivity contribution is 0.0694. The highest BCUT2D eigenvalue weighted by Crippen LogP contribution is 2.44. The van der Waals surface area contributed by atoms with Crippen molar-refractivity contribution in [3.05, 3.63) is 38.9 Å². The topological polar surface area (TPSA) is 95.2 Å². The zero-order valence-corrected chi connectivity index (χ0v) is 18.0. The number of hydrogen-bond donors (Lipinski definition) is 2. The number of pyridine rings is 1. The van der Waals surface area contributed by atoms with Crippen molar-refractivity contribution >= 4 is 34.2 Å². The van der Waals surface area contributed by atoms with Gasteiger partial charge in [-0.3, -0.25) is 9.69 Å². The van der Waals surface area contributed by atoms with Gasteiger partial charge in [0.1, 0.15) is 17.6 Å².